The van der Waals surface area contributed by atoms with E-state index < -0.39 is 11.6 Å². The Hall–Kier alpha value is -1.61. The van der Waals surface area contributed by atoms with Crippen molar-refractivity contribution in [2.75, 3.05) is 0 Å². The number of hydrogen-bond donors (Lipinski definition) is 0. The van der Waals surface area contributed by atoms with Gasteiger partial charge in [0.2, 0.25) is 0 Å². The van der Waals surface area contributed by atoms with E-state index in [2.05, 4.69) is 0 Å². The molecule has 0 aliphatic carbocycles. The van der Waals surface area contributed by atoms with Crippen LogP contribution in [0.3, 0.4) is 0 Å². The van der Waals surface area contributed by atoms with Crippen LogP contribution in [0.1, 0.15) is 11.1 Å². The van der Waals surface area contributed by atoms with Crippen molar-refractivity contribution in [3.05, 3.63) is 64.2 Å². The lowest BCUT2D eigenvalue weighted by Gasteiger charge is -2.10. The quantitative estimate of drug-likeness (QED) is 0.796. The first-order valence-electron chi connectivity index (χ1n) is 5.39. The third-order valence-corrected chi connectivity index (χ3v) is 2.78. The van der Waals surface area contributed by atoms with Gasteiger partial charge >= 0.3 is 0 Å². The minimum Gasteiger partial charge on any atom is -0.488 e. The zero-order valence-electron chi connectivity index (χ0n) is 9.71. The summed E-state index contributed by atoms with van der Waals surface area (Å²) in [5.74, 6) is -0.417. The molecule has 4 heteroatoms. The first-order valence-corrected chi connectivity index (χ1v) is 5.77. The lowest BCUT2D eigenvalue weighted by Crippen LogP contribution is -2.00. The largest absolute Gasteiger partial charge is 0.488 e. The molecule has 0 saturated carbocycles. The highest BCUT2D eigenvalue weighted by molar-refractivity contribution is 6.30. The molecule has 0 unspecified atom stereocenters. The zero-order chi connectivity index (χ0) is 13.1. The molecule has 0 N–H and O–H groups in total. The van der Waals surface area contributed by atoms with E-state index in [9.17, 15) is 8.78 Å². The molecule has 0 spiro atoms. The molecule has 0 radical (unpaired) electrons. The third kappa shape index (κ3) is 2.99. The van der Waals surface area contributed by atoms with E-state index in [4.69, 9.17) is 16.3 Å². The average Bonchev–Trinajstić information content (AvgIpc) is 2.34. The molecule has 0 bridgehead atoms. The summed E-state index contributed by atoms with van der Waals surface area (Å²) in [4.78, 5) is 0. The average molecular weight is 269 g/mol. The molecule has 0 saturated heterocycles. The molecule has 0 heterocycles. The summed E-state index contributed by atoms with van der Waals surface area (Å²) in [6.07, 6.45) is 0. The van der Waals surface area contributed by atoms with Gasteiger partial charge in [-0.05, 0) is 42.8 Å². The van der Waals surface area contributed by atoms with Gasteiger partial charge in [-0.15, -0.1) is 0 Å². The molecule has 0 amide bonds. The van der Waals surface area contributed by atoms with Crippen LogP contribution >= 0.6 is 11.6 Å². The Morgan fingerprint density at radius 2 is 1.89 bits per heavy atom. The van der Waals surface area contributed by atoms with Gasteiger partial charge < -0.3 is 4.74 Å². The van der Waals surface area contributed by atoms with Crippen molar-refractivity contribution in [2.45, 2.75) is 13.5 Å². The van der Waals surface area contributed by atoms with Crippen LogP contribution in [0.5, 0.6) is 5.75 Å². The Balaban J connectivity index is 2.16. The Labute approximate surface area is 109 Å². The normalized spacial score (nSPS) is 10.4. The monoisotopic (exact) mass is 268 g/mol. The molecule has 0 aliphatic heterocycles. The minimum atomic E-state index is -0.490. The molecule has 2 rings (SSSR count). The predicted molar refractivity (Wildman–Crippen MR) is 66.9 cm³/mol. The second-order valence-electron chi connectivity index (χ2n) is 3.93. The van der Waals surface area contributed by atoms with E-state index in [1.165, 1.54) is 0 Å². The van der Waals surface area contributed by atoms with Crippen molar-refractivity contribution in [3.63, 3.8) is 0 Å². The summed E-state index contributed by atoms with van der Waals surface area (Å²) in [5, 5.41) is 0.537. The number of ether oxygens (including phenoxy) is 1. The maximum Gasteiger partial charge on any atom is 0.130 e. The molecule has 2 aromatic rings. The highest BCUT2D eigenvalue weighted by Crippen LogP contribution is 2.24. The Morgan fingerprint density at radius 3 is 2.67 bits per heavy atom. The molecule has 0 aliphatic rings. The van der Waals surface area contributed by atoms with E-state index in [0.717, 1.165) is 23.8 Å². The van der Waals surface area contributed by atoms with Crippen LogP contribution < -0.4 is 4.74 Å². The molecule has 0 atom stereocenters. The van der Waals surface area contributed by atoms with Crippen LogP contribution in [0.25, 0.3) is 0 Å². The van der Waals surface area contributed by atoms with E-state index in [1.807, 2.05) is 6.92 Å². The minimum absolute atomic E-state index is 0.0369. The molecule has 18 heavy (non-hydrogen) atoms. The van der Waals surface area contributed by atoms with Crippen LogP contribution in [0, 0.1) is 18.6 Å². The van der Waals surface area contributed by atoms with E-state index >= 15 is 0 Å². The SMILES string of the molecule is Cc1ccc(Cl)cc1OCc1cc(F)ccc1F. The Kier molecular flexibility index (Phi) is 3.82. The summed E-state index contributed by atoms with van der Waals surface area (Å²) < 4.78 is 31.8. The maximum absolute atomic E-state index is 13.4. The highest BCUT2D eigenvalue weighted by atomic mass is 35.5. The summed E-state index contributed by atoms with van der Waals surface area (Å²) in [5.41, 5.74) is 1.06. The van der Waals surface area contributed by atoms with Gasteiger partial charge in [0.15, 0.2) is 0 Å². The first-order chi connectivity index (χ1) is 8.56. The van der Waals surface area contributed by atoms with E-state index in [0.29, 0.717) is 10.8 Å². The lowest BCUT2D eigenvalue weighted by molar-refractivity contribution is 0.297. The van der Waals surface area contributed by atoms with Crippen LogP contribution in [-0.2, 0) is 6.61 Å². The van der Waals surface area contributed by atoms with Crippen LogP contribution in [0.15, 0.2) is 36.4 Å². The second-order valence-corrected chi connectivity index (χ2v) is 4.37. The fraction of sp³-hybridized carbons (Fsp3) is 0.143. The van der Waals surface area contributed by atoms with Crippen molar-refractivity contribution in [1.29, 1.82) is 0 Å². The van der Waals surface area contributed by atoms with E-state index in [-0.39, 0.29) is 12.2 Å². The number of benzene rings is 2. The molecule has 2 aromatic carbocycles. The smallest absolute Gasteiger partial charge is 0.130 e. The lowest BCUT2D eigenvalue weighted by atomic mass is 10.2. The fourth-order valence-corrected chi connectivity index (χ4v) is 1.70. The van der Waals surface area contributed by atoms with E-state index in [1.54, 1.807) is 18.2 Å². The van der Waals surface area contributed by atoms with Crippen LogP contribution in [0.2, 0.25) is 5.02 Å². The van der Waals surface area contributed by atoms with Gasteiger partial charge in [-0.1, -0.05) is 17.7 Å². The first kappa shape index (κ1) is 12.8. The summed E-state index contributed by atoms with van der Waals surface area (Å²) in [6, 6.07) is 8.47. The predicted octanol–water partition coefficient (Wildman–Crippen LogP) is 4.51. The molecular weight excluding hydrogens is 258 g/mol. The molecule has 0 fully saturated rings. The summed E-state index contributed by atoms with van der Waals surface area (Å²) in [6.45, 7) is 1.82. The number of hydrogen-bond acceptors (Lipinski definition) is 1. The highest BCUT2D eigenvalue weighted by Gasteiger charge is 2.06. The molecule has 94 valence electrons. The van der Waals surface area contributed by atoms with Crippen molar-refractivity contribution in [3.8, 4) is 5.75 Å². The topological polar surface area (TPSA) is 9.23 Å². The second kappa shape index (κ2) is 5.36. The number of rotatable bonds is 3. The Bertz CT molecular complexity index is 518. The van der Waals surface area contributed by atoms with Gasteiger partial charge in [-0.2, -0.15) is 0 Å². The third-order valence-electron chi connectivity index (χ3n) is 2.54. The Morgan fingerprint density at radius 1 is 1.11 bits per heavy atom. The fourth-order valence-electron chi connectivity index (χ4n) is 1.54. The van der Waals surface area contributed by atoms with Gasteiger partial charge in [0.1, 0.15) is 24.0 Å². The van der Waals surface area contributed by atoms with Gasteiger partial charge in [0, 0.05) is 10.6 Å². The van der Waals surface area contributed by atoms with Crippen molar-refractivity contribution in [1.82, 2.24) is 0 Å². The maximum atomic E-state index is 13.4. The van der Waals surface area contributed by atoms with Crippen LogP contribution in [0.4, 0.5) is 8.78 Å². The van der Waals surface area contributed by atoms with Gasteiger partial charge in [-0.3, -0.25) is 0 Å². The number of halogens is 3. The van der Waals surface area contributed by atoms with Crippen molar-refractivity contribution >= 4 is 11.6 Å². The standard InChI is InChI=1S/C14H11ClF2O/c1-9-2-3-11(15)7-14(9)18-8-10-6-12(16)4-5-13(10)17/h2-7H,8H2,1H3. The van der Waals surface area contributed by atoms with Crippen molar-refractivity contribution in [2.24, 2.45) is 0 Å². The summed E-state index contributed by atoms with van der Waals surface area (Å²) >= 11 is 5.84. The van der Waals surface area contributed by atoms with Gasteiger partial charge in [0.05, 0.1) is 0 Å². The van der Waals surface area contributed by atoms with Gasteiger partial charge in [0.25, 0.3) is 0 Å². The van der Waals surface area contributed by atoms with Crippen LogP contribution in [-0.4, -0.2) is 0 Å². The summed E-state index contributed by atoms with van der Waals surface area (Å²) in [7, 11) is 0. The molecule has 1 nitrogen and oxygen atoms in total. The zero-order valence-corrected chi connectivity index (χ0v) is 10.5. The van der Waals surface area contributed by atoms with Gasteiger partial charge in [-0.25, -0.2) is 8.78 Å². The molecular formula is C14H11ClF2O. The number of aryl methyl sites for hydroxylation is 1. The molecule has 0 aromatic heterocycles. The van der Waals surface area contributed by atoms with Crippen molar-refractivity contribution < 1.29 is 13.5 Å².